The summed E-state index contributed by atoms with van der Waals surface area (Å²) in [7, 11) is 0. The number of hydrogen-bond donors (Lipinski definition) is 2. The van der Waals surface area contributed by atoms with Crippen LogP contribution in [0.3, 0.4) is 0 Å². The van der Waals surface area contributed by atoms with Crippen LogP contribution in [-0.2, 0) is 17.6 Å². The second kappa shape index (κ2) is 6.65. The van der Waals surface area contributed by atoms with Crippen LogP contribution in [0.5, 0.6) is 0 Å². The van der Waals surface area contributed by atoms with E-state index in [4.69, 9.17) is 5.11 Å². The van der Waals surface area contributed by atoms with Crippen LogP contribution in [0.25, 0.3) is 0 Å². The third kappa shape index (κ3) is 4.14. The number of hydrogen-bond acceptors (Lipinski definition) is 3. The van der Waals surface area contributed by atoms with Gasteiger partial charge in [0.1, 0.15) is 0 Å². The highest BCUT2D eigenvalue weighted by molar-refractivity contribution is 6.04. The Bertz CT molecular complexity index is 634. The zero-order valence-electron chi connectivity index (χ0n) is 11.7. The molecule has 2 N–H and O–H groups in total. The van der Waals surface area contributed by atoms with E-state index < -0.39 is 5.97 Å². The molecule has 0 fully saturated rings. The predicted molar refractivity (Wildman–Crippen MR) is 79.4 cm³/mol. The Morgan fingerprint density at radius 1 is 1.14 bits per heavy atom. The third-order valence-electron chi connectivity index (χ3n) is 3.04. The maximum atomic E-state index is 12.0. The molecule has 0 radical (unpaired) electrons. The normalized spacial score (nSPS) is 10.1. The van der Waals surface area contributed by atoms with E-state index in [0.29, 0.717) is 16.9 Å². The Morgan fingerprint density at radius 3 is 2.38 bits per heavy atom. The number of nitrogens with one attached hydrogen (secondary N) is 1. The van der Waals surface area contributed by atoms with Gasteiger partial charge in [-0.05, 0) is 36.2 Å². The number of anilines is 1. The van der Waals surface area contributed by atoms with Crippen molar-refractivity contribution in [3.8, 4) is 0 Å². The largest absolute Gasteiger partial charge is 0.481 e. The average Bonchev–Trinajstić information content (AvgIpc) is 2.49. The number of carboxylic acids is 1. The molecule has 5 heteroatoms. The molecule has 2 rings (SSSR count). The van der Waals surface area contributed by atoms with E-state index >= 15 is 0 Å². The van der Waals surface area contributed by atoms with Crippen molar-refractivity contribution in [1.82, 2.24) is 4.98 Å². The number of rotatable bonds is 5. The van der Waals surface area contributed by atoms with Gasteiger partial charge in [-0.25, -0.2) is 0 Å². The lowest BCUT2D eigenvalue weighted by Gasteiger charge is -2.06. The van der Waals surface area contributed by atoms with Gasteiger partial charge in [0, 0.05) is 5.56 Å². The summed E-state index contributed by atoms with van der Waals surface area (Å²) in [6.45, 7) is 2.05. The fraction of sp³-hybridized carbons (Fsp3) is 0.188. The molecule has 5 nitrogen and oxygen atoms in total. The van der Waals surface area contributed by atoms with E-state index in [1.807, 2.05) is 12.1 Å². The van der Waals surface area contributed by atoms with Gasteiger partial charge in [-0.1, -0.05) is 19.1 Å². The fourth-order valence-corrected chi connectivity index (χ4v) is 1.85. The van der Waals surface area contributed by atoms with Crippen LogP contribution in [0, 0.1) is 0 Å². The maximum Gasteiger partial charge on any atom is 0.309 e. The molecule has 0 aliphatic heterocycles. The van der Waals surface area contributed by atoms with Crippen molar-refractivity contribution in [3.63, 3.8) is 0 Å². The summed E-state index contributed by atoms with van der Waals surface area (Å²) >= 11 is 0. The molecular formula is C16H16N2O3. The number of nitrogens with zero attached hydrogens (tertiary/aromatic N) is 1. The Balaban J connectivity index is 2.03. The van der Waals surface area contributed by atoms with Crippen LogP contribution in [0.2, 0.25) is 0 Å². The third-order valence-corrected chi connectivity index (χ3v) is 3.04. The molecule has 1 aromatic heterocycles. The van der Waals surface area contributed by atoms with E-state index in [2.05, 4.69) is 17.2 Å². The molecule has 0 bridgehead atoms. The van der Waals surface area contributed by atoms with Gasteiger partial charge in [-0.15, -0.1) is 0 Å². The Kier molecular flexibility index (Phi) is 4.66. The molecule has 0 aliphatic rings. The van der Waals surface area contributed by atoms with Gasteiger partial charge in [0.15, 0.2) is 0 Å². The van der Waals surface area contributed by atoms with Crippen molar-refractivity contribution in [2.24, 2.45) is 0 Å². The van der Waals surface area contributed by atoms with E-state index in [9.17, 15) is 9.59 Å². The highest BCUT2D eigenvalue weighted by Gasteiger charge is 2.07. The number of pyridine rings is 1. The number of carbonyl (C=O) groups excluding carboxylic acids is 1. The molecule has 2 aromatic rings. The first-order valence-corrected chi connectivity index (χ1v) is 6.65. The molecule has 21 heavy (non-hydrogen) atoms. The molecule has 1 aromatic carbocycles. The number of aromatic nitrogens is 1. The summed E-state index contributed by atoms with van der Waals surface area (Å²) in [5.74, 6) is -1.15. The number of aliphatic carboxylic acids is 1. The second-order valence-electron chi connectivity index (χ2n) is 4.61. The Labute approximate surface area is 122 Å². The van der Waals surface area contributed by atoms with Crippen molar-refractivity contribution >= 4 is 17.6 Å². The Morgan fingerprint density at radius 2 is 1.86 bits per heavy atom. The van der Waals surface area contributed by atoms with E-state index in [0.717, 1.165) is 6.42 Å². The van der Waals surface area contributed by atoms with E-state index in [-0.39, 0.29) is 12.3 Å². The molecule has 108 valence electrons. The molecule has 0 aliphatic carbocycles. The molecule has 1 heterocycles. The number of carbonyl (C=O) groups is 2. The predicted octanol–water partition coefficient (Wildman–Crippen LogP) is 2.52. The van der Waals surface area contributed by atoms with Crippen LogP contribution in [0.15, 0.2) is 42.6 Å². The summed E-state index contributed by atoms with van der Waals surface area (Å²) < 4.78 is 0. The molecule has 0 saturated heterocycles. The van der Waals surface area contributed by atoms with Crippen LogP contribution in [0.4, 0.5) is 5.69 Å². The fourth-order valence-electron chi connectivity index (χ4n) is 1.85. The first-order valence-electron chi connectivity index (χ1n) is 6.65. The minimum Gasteiger partial charge on any atom is -0.481 e. The lowest BCUT2D eigenvalue weighted by Crippen LogP contribution is -2.12. The highest BCUT2D eigenvalue weighted by atomic mass is 16.4. The summed E-state index contributed by atoms with van der Waals surface area (Å²) in [5, 5.41) is 11.4. The zero-order valence-corrected chi connectivity index (χ0v) is 11.7. The SMILES string of the molecule is CCc1ccc(C(=O)Nc2ccc(CC(=O)O)nc2)cc1. The molecule has 0 unspecified atom stereocenters. The quantitative estimate of drug-likeness (QED) is 0.884. The molecule has 0 spiro atoms. The molecular weight excluding hydrogens is 268 g/mol. The standard InChI is InChI=1S/C16H16N2O3/c1-2-11-3-5-12(6-4-11)16(21)18-14-8-7-13(17-10-14)9-15(19)20/h3-8,10H,2,9H2,1H3,(H,18,21)(H,19,20). The first-order chi connectivity index (χ1) is 10.1. The monoisotopic (exact) mass is 284 g/mol. The summed E-state index contributed by atoms with van der Waals surface area (Å²) in [6.07, 6.45) is 2.25. The van der Waals surface area contributed by atoms with Crippen molar-refractivity contribution in [2.75, 3.05) is 5.32 Å². The maximum absolute atomic E-state index is 12.0. The van der Waals surface area contributed by atoms with Gasteiger partial charge in [0.05, 0.1) is 24.0 Å². The van der Waals surface area contributed by atoms with Gasteiger partial charge in [-0.3, -0.25) is 14.6 Å². The van der Waals surface area contributed by atoms with Gasteiger partial charge < -0.3 is 10.4 Å². The van der Waals surface area contributed by atoms with Gasteiger partial charge >= 0.3 is 5.97 Å². The number of benzene rings is 1. The van der Waals surface area contributed by atoms with Crippen molar-refractivity contribution in [3.05, 3.63) is 59.4 Å². The van der Waals surface area contributed by atoms with Crippen molar-refractivity contribution < 1.29 is 14.7 Å². The highest BCUT2D eigenvalue weighted by Crippen LogP contribution is 2.11. The van der Waals surface area contributed by atoms with Crippen LogP contribution in [0.1, 0.15) is 28.5 Å². The van der Waals surface area contributed by atoms with Crippen LogP contribution < -0.4 is 5.32 Å². The molecule has 0 saturated carbocycles. The smallest absolute Gasteiger partial charge is 0.309 e. The van der Waals surface area contributed by atoms with Crippen LogP contribution >= 0.6 is 0 Å². The lowest BCUT2D eigenvalue weighted by molar-refractivity contribution is -0.136. The van der Waals surface area contributed by atoms with E-state index in [1.54, 1.807) is 24.3 Å². The summed E-state index contributed by atoms with van der Waals surface area (Å²) in [4.78, 5) is 26.6. The van der Waals surface area contributed by atoms with Crippen molar-refractivity contribution in [2.45, 2.75) is 19.8 Å². The second-order valence-corrected chi connectivity index (χ2v) is 4.61. The van der Waals surface area contributed by atoms with E-state index in [1.165, 1.54) is 11.8 Å². The zero-order chi connectivity index (χ0) is 15.2. The van der Waals surface area contributed by atoms with Gasteiger partial charge in [0.2, 0.25) is 0 Å². The molecule has 0 atom stereocenters. The Hall–Kier alpha value is -2.69. The van der Waals surface area contributed by atoms with Crippen molar-refractivity contribution in [1.29, 1.82) is 0 Å². The van der Waals surface area contributed by atoms with Gasteiger partial charge in [0.25, 0.3) is 5.91 Å². The van der Waals surface area contributed by atoms with Crippen LogP contribution in [-0.4, -0.2) is 22.0 Å². The molecule has 1 amide bonds. The average molecular weight is 284 g/mol. The lowest BCUT2D eigenvalue weighted by atomic mass is 10.1. The summed E-state index contributed by atoms with van der Waals surface area (Å²) in [6, 6.07) is 10.6. The topological polar surface area (TPSA) is 79.3 Å². The number of carboxylic acid groups (broad SMARTS) is 1. The number of amides is 1. The minimum absolute atomic E-state index is 0.132. The minimum atomic E-state index is -0.935. The number of aryl methyl sites for hydroxylation is 1. The van der Waals surface area contributed by atoms with Gasteiger partial charge in [-0.2, -0.15) is 0 Å². The summed E-state index contributed by atoms with van der Waals surface area (Å²) in [5.41, 5.74) is 2.73. The first kappa shape index (κ1) is 14.7.